The van der Waals surface area contributed by atoms with E-state index in [4.69, 9.17) is 0 Å². The van der Waals surface area contributed by atoms with Crippen molar-refractivity contribution in [2.24, 2.45) is 0 Å². The molecule has 4 rings (SSSR count). The smallest absolute Gasteiger partial charge is 0.269 e. The molecule has 0 aliphatic heterocycles. The molecule has 0 fully saturated rings. The van der Waals surface area contributed by atoms with Crippen molar-refractivity contribution >= 4 is 27.8 Å². The maximum atomic E-state index is 12.4. The summed E-state index contributed by atoms with van der Waals surface area (Å²) in [6.07, 6.45) is 2.49. The Labute approximate surface area is 147 Å². The highest BCUT2D eigenvalue weighted by atomic mass is 32.1. The minimum Gasteiger partial charge on any atom is -0.304 e. The molecule has 0 spiro atoms. The predicted octanol–water partition coefficient (Wildman–Crippen LogP) is 3.83. The molecule has 0 unspecified atom stereocenters. The minimum atomic E-state index is -0.177. The van der Waals surface area contributed by atoms with Gasteiger partial charge in [0.05, 0.1) is 5.52 Å². The van der Waals surface area contributed by atoms with E-state index in [-0.39, 0.29) is 5.56 Å². The molecule has 25 heavy (non-hydrogen) atoms. The molecule has 0 amide bonds. The normalized spacial score (nSPS) is 10.9. The molecule has 0 saturated heterocycles. The summed E-state index contributed by atoms with van der Waals surface area (Å²) in [6, 6.07) is 11.0. The van der Waals surface area contributed by atoms with Crippen LogP contribution in [0.15, 0.2) is 52.8 Å². The third-order valence-corrected chi connectivity index (χ3v) is 4.98. The third kappa shape index (κ3) is 2.66. The molecule has 3 heterocycles. The highest BCUT2D eigenvalue weighted by Gasteiger charge is 2.15. The summed E-state index contributed by atoms with van der Waals surface area (Å²) in [6.45, 7) is 1.94. The molecule has 0 bridgehead atoms. The second-order valence-corrected chi connectivity index (χ2v) is 6.53. The van der Waals surface area contributed by atoms with Crippen LogP contribution in [-0.2, 0) is 0 Å². The molecule has 0 aliphatic rings. The van der Waals surface area contributed by atoms with Crippen LogP contribution in [0, 0.1) is 6.92 Å². The molecule has 1 N–H and O–H groups in total. The van der Waals surface area contributed by atoms with Crippen LogP contribution in [0.5, 0.6) is 0 Å². The first kappa shape index (κ1) is 15.4. The van der Waals surface area contributed by atoms with Gasteiger partial charge in [-0.2, -0.15) is 0 Å². The SMILES string of the molecule is Cc1cc(C=O)ccc1-c1csc2c(=O)[nH]c(-c3ccccn3)nc12. The molecular formula is C19H13N3O2S. The fourth-order valence-electron chi connectivity index (χ4n) is 2.81. The fraction of sp³-hybridized carbons (Fsp3) is 0.0526. The zero-order chi connectivity index (χ0) is 17.4. The maximum absolute atomic E-state index is 12.4. The number of benzene rings is 1. The van der Waals surface area contributed by atoms with Gasteiger partial charge in [0.15, 0.2) is 5.82 Å². The lowest BCUT2D eigenvalue weighted by Gasteiger charge is -2.06. The van der Waals surface area contributed by atoms with Gasteiger partial charge in [0.1, 0.15) is 16.7 Å². The number of aryl methyl sites for hydroxylation is 1. The summed E-state index contributed by atoms with van der Waals surface area (Å²) < 4.78 is 0.577. The van der Waals surface area contributed by atoms with Crippen LogP contribution in [0.4, 0.5) is 0 Å². The number of nitrogens with zero attached hydrogens (tertiary/aromatic N) is 2. The number of nitrogens with one attached hydrogen (secondary N) is 1. The first-order valence-electron chi connectivity index (χ1n) is 7.66. The molecular weight excluding hydrogens is 334 g/mol. The van der Waals surface area contributed by atoms with Crippen LogP contribution < -0.4 is 5.56 Å². The van der Waals surface area contributed by atoms with Gasteiger partial charge in [0, 0.05) is 22.7 Å². The van der Waals surface area contributed by atoms with E-state index in [1.807, 2.05) is 36.6 Å². The van der Waals surface area contributed by atoms with E-state index < -0.39 is 0 Å². The Bertz CT molecular complexity index is 1150. The highest BCUT2D eigenvalue weighted by Crippen LogP contribution is 2.33. The van der Waals surface area contributed by atoms with Crippen LogP contribution in [0.3, 0.4) is 0 Å². The zero-order valence-corrected chi connectivity index (χ0v) is 14.1. The van der Waals surface area contributed by atoms with Gasteiger partial charge in [0.2, 0.25) is 0 Å². The summed E-state index contributed by atoms with van der Waals surface area (Å²) in [5.41, 5.74) is 4.53. The summed E-state index contributed by atoms with van der Waals surface area (Å²) in [4.78, 5) is 35.1. The molecule has 0 radical (unpaired) electrons. The Kier molecular flexibility index (Phi) is 3.74. The Balaban J connectivity index is 1.96. The predicted molar refractivity (Wildman–Crippen MR) is 99.0 cm³/mol. The van der Waals surface area contributed by atoms with Gasteiger partial charge in [-0.1, -0.05) is 18.2 Å². The van der Waals surface area contributed by atoms with Crippen LogP contribution in [0.1, 0.15) is 15.9 Å². The molecule has 0 aliphatic carbocycles. The van der Waals surface area contributed by atoms with Crippen molar-refractivity contribution in [2.45, 2.75) is 6.92 Å². The third-order valence-electron chi connectivity index (χ3n) is 4.01. The quantitative estimate of drug-likeness (QED) is 0.571. The van der Waals surface area contributed by atoms with E-state index in [0.29, 0.717) is 27.3 Å². The fourth-order valence-corrected chi connectivity index (χ4v) is 3.71. The van der Waals surface area contributed by atoms with Crippen molar-refractivity contribution in [1.82, 2.24) is 15.0 Å². The van der Waals surface area contributed by atoms with Crippen molar-refractivity contribution in [1.29, 1.82) is 0 Å². The number of aromatic amines is 1. The lowest BCUT2D eigenvalue weighted by Crippen LogP contribution is -2.08. The topological polar surface area (TPSA) is 75.7 Å². The molecule has 0 atom stereocenters. The van der Waals surface area contributed by atoms with Crippen molar-refractivity contribution in [2.75, 3.05) is 0 Å². The summed E-state index contributed by atoms with van der Waals surface area (Å²) >= 11 is 1.36. The molecule has 6 heteroatoms. The van der Waals surface area contributed by atoms with Crippen molar-refractivity contribution in [3.63, 3.8) is 0 Å². The number of rotatable bonds is 3. The largest absolute Gasteiger partial charge is 0.304 e. The highest BCUT2D eigenvalue weighted by molar-refractivity contribution is 7.17. The van der Waals surface area contributed by atoms with Gasteiger partial charge in [-0.3, -0.25) is 14.6 Å². The molecule has 5 nitrogen and oxygen atoms in total. The Morgan fingerprint density at radius 1 is 1.16 bits per heavy atom. The average molecular weight is 347 g/mol. The molecule has 4 aromatic rings. The number of fused-ring (bicyclic) bond motifs is 1. The van der Waals surface area contributed by atoms with E-state index in [1.165, 1.54) is 11.3 Å². The van der Waals surface area contributed by atoms with Gasteiger partial charge in [-0.05, 0) is 36.2 Å². The second kappa shape index (κ2) is 6.07. The summed E-state index contributed by atoms with van der Waals surface area (Å²) in [5, 5.41) is 1.93. The van der Waals surface area contributed by atoms with Crippen LogP contribution >= 0.6 is 11.3 Å². The first-order chi connectivity index (χ1) is 12.2. The number of carbonyl (C=O) groups excluding carboxylic acids is 1. The van der Waals surface area contributed by atoms with Crippen LogP contribution in [0.25, 0.3) is 32.9 Å². The number of H-pyrrole nitrogens is 1. The lowest BCUT2D eigenvalue weighted by molar-refractivity contribution is 0.112. The Morgan fingerprint density at radius 3 is 2.76 bits per heavy atom. The Hall–Kier alpha value is -3.12. The van der Waals surface area contributed by atoms with Crippen LogP contribution in [0.2, 0.25) is 0 Å². The number of hydrogen-bond acceptors (Lipinski definition) is 5. The first-order valence-corrected chi connectivity index (χ1v) is 8.54. The van der Waals surface area contributed by atoms with E-state index in [2.05, 4.69) is 15.0 Å². The number of aromatic nitrogens is 3. The lowest BCUT2D eigenvalue weighted by atomic mass is 10.00. The van der Waals surface area contributed by atoms with E-state index in [0.717, 1.165) is 23.0 Å². The number of carbonyl (C=O) groups is 1. The zero-order valence-electron chi connectivity index (χ0n) is 13.3. The van der Waals surface area contributed by atoms with Crippen molar-refractivity contribution in [3.05, 3.63) is 69.5 Å². The average Bonchev–Trinajstić information content (AvgIpc) is 3.06. The number of hydrogen-bond donors (Lipinski definition) is 1. The van der Waals surface area contributed by atoms with Gasteiger partial charge in [0.25, 0.3) is 5.56 Å². The van der Waals surface area contributed by atoms with Crippen LogP contribution in [-0.4, -0.2) is 21.2 Å². The molecule has 122 valence electrons. The summed E-state index contributed by atoms with van der Waals surface area (Å²) in [5.74, 6) is 0.444. The number of aldehydes is 1. The standard InChI is InChI=1S/C19H13N3O2S/c1-11-8-12(9-23)5-6-13(11)14-10-25-17-16(14)21-18(22-19(17)24)15-4-2-3-7-20-15/h2-10H,1H3,(H,21,22,24). The minimum absolute atomic E-state index is 0.177. The van der Waals surface area contributed by atoms with Gasteiger partial charge >= 0.3 is 0 Å². The van der Waals surface area contributed by atoms with Gasteiger partial charge in [-0.15, -0.1) is 11.3 Å². The Morgan fingerprint density at radius 2 is 2.04 bits per heavy atom. The van der Waals surface area contributed by atoms with E-state index in [9.17, 15) is 9.59 Å². The van der Waals surface area contributed by atoms with Crippen molar-refractivity contribution < 1.29 is 4.79 Å². The maximum Gasteiger partial charge on any atom is 0.269 e. The summed E-state index contributed by atoms with van der Waals surface area (Å²) in [7, 11) is 0. The second-order valence-electron chi connectivity index (χ2n) is 5.65. The molecule has 1 aromatic carbocycles. The van der Waals surface area contributed by atoms with E-state index >= 15 is 0 Å². The molecule has 3 aromatic heterocycles. The molecule has 0 saturated carbocycles. The van der Waals surface area contributed by atoms with Crippen molar-refractivity contribution in [3.8, 4) is 22.6 Å². The number of thiophene rings is 1. The van der Waals surface area contributed by atoms with Gasteiger partial charge in [-0.25, -0.2) is 4.98 Å². The monoisotopic (exact) mass is 347 g/mol. The number of pyridine rings is 1. The van der Waals surface area contributed by atoms with Gasteiger partial charge < -0.3 is 4.98 Å². The van der Waals surface area contributed by atoms with E-state index in [1.54, 1.807) is 18.3 Å².